The van der Waals surface area contributed by atoms with E-state index < -0.39 is 0 Å². The van der Waals surface area contributed by atoms with E-state index in [9.17, 15) is 10.2 Å². The molecule has 1 heterocycles. The minimum atomic E-state index is -0.0487. The van der Waals surface area contributed by atoms with Gasteiger partial charge in [-0.1, -0.05) is 32.9 Å². The molecule has 0 aromatic heterocycles. The Morgan fingerprint density at radius 3 is 2.10 bits per heavy atom. The maximum Gasteiger partial charge on any atom is 0.231 e. The van der Waals surface area contributed by atoms with Crippen LogP contribution in [0.25, 0.3) is 11.1 Å². The maximum absolute atomic E-state index is 10.3. The van der Waals surface area contributed by atoms with Gasteiger partial charge in [0.25, 0.3) is 0 Å². The van der Waals surface area contributed by atoms with Crippen LogP contribution < -0.4 is 9.47 Å². The minimum Gasteiger partial charge on any atom is -0.507 e. The second-order valence-corrected chi connectivity index (χ2v) is 6.20. The van der Waals surface area contributed by atoms with Gasteiger partial charge in [0, 0.05) is 17.2 Å². The SMILES string of the molecule is CC(C)(C)c1ccc(-c2cc3c(cc2O)OCO3)c(O)c1. The highest BCUT2D eigenvalue weighted by molar-refractivity contribution is 5.78. The van der Waals surface area contributed by atoms with E-state index in [2.05, 4.69) is 20.8 Å². The molecule has 0 unspecified atom stereocenters. The molecule has 4 heteroatoms. The zero-order valence-electron chi connectivity index (χ0n) is 12.3. The average molecular weight is 286 g/mol. The first kappa shape index (κ1) is 13.6. The molecule has 0 amide bonds. The summed E-state index contributed by atoms with van der Waals surface area (Å²) in [5.74, 6) is 1.28. The number of benzene rings is 2. The summed E-state index contributed by atoms with van der Waals surface area (Å²) in [6, 6.07) is 8.70. The van der Waals surface area contributed by atoms with Crippen LogP contribution in [-0.2, 0) is 5.41 Å². The molecule has 0 fully saturated rings. The van der Waals surface area contributed by atoms with Crippen molar-refractivity contribution < 1.29 is 19.7 Å². The van der Waals surface area contributed by atoms with Crippen molar-refractivity contribution in [3.8, 4) is 34.1 Å². The van der Waals surface area contributed by atoms with Crippen molar-refractivity contribution in [2.24, 2.45) is 0 Å². The zero-order chi connectivity index (χ0) is 15.2. The molecule has 0 radical (unpaired) electrons. The molecule has 3 rings (SSSR count). The summed E-state index contributed by atoms with van der Waals surface area (Å²) in [7, 11) is 0. The third-order valence-electron chi connectivity index (χ3n) is 3.64. The largest absolute Gasteiger partial charge is 0.507 e. The van der Waals surface area contributed by atoms with Gasteiger partial charge in [-0.05, 0) is 23.1 Å². The van der Waals surface area contributed by atoms with Crippen molar-refractivity contribution in [1.29, 1.82) is 0 Å². The predicted molar refractivity (Wildman–Crippen MR) is 80.0 cm³/mol. The zero-order valence-corrected chi connectivity index (χ0v) is 12.3. The van der Waals surface area contributed by atoms with E-state index in [1.54, 1.807) is 12.1 Å². The first-order valence-corrected chi connectivity index (χ1v) is 6.83. The summed E-state index contributed by atoms with van der Waals surface area (Å²) in [6.45, 7) is 6.39. The number of fused-ring (bicyclic) bond motifs is 1. The van der Waals surface area contributed by atoms with Crippen molar-refractivity contribution in [3.63, 3.8) is 0 Å². The normalized spacial score (nSPS) is 13.5. The van der Waals surface area contributed by atoms with Crippen LogP contribution >= 0.6 is 0 Å². The molecule has 0 bridgehead atoms. The standard InChI is InChI=1S/C17H18O4/c1-17(2,3)10-4-5-11(13(18)6-10)12-7-15-16(8-14(12)19)21-9-20-15/h4-8,18-19H,9H2,1-3H3. The third kappa shape index (κ3) is 2.37. The first-order chi connectivity index (χ1) is 9.86. The lowest BCUT2D eigenvalue weighted by Gasteiger charge is -2.20. The topological polar surface area (TPSA) is 58.9 Å². The molecular weight excluding hydrogens is 268 g/mol. The van der Waals surface area contributed by atoms with E-state index in [1.165, 1.54) is 6.07 Å². The number of aromatic hydroxyl groups is 2. The fourth-order valence-electron chi connectivity index (χ4n) is 2.37. The summed E-state index contributed by atoms with van der Waals surface area (Å²) in [5.41, 5.74) is 2.08. The van der Waals surface area contributed by atoms with Gasteiger partial charge in [0.1, 0.15) is 11.5 Å². The van der Waals surface area contributed by atoms with Gasteiger partial charge in [-0.2, -0.15) is 0 Å². The van der Waals surface area contributed by atoms with Crippen LogP contribution in [0, 0.1) is 0 Å². The maximum atomic E-state index is 10.3. The van der Waals surface area contributed by atoms with Gasteiger partial charge in [-0.25, -0.2) is 0 Å². The van der Waals surface area contributed by atoms with Crippen LogP contribution in [0.15, 0.2) is 30.3 Å². The van der Waals surface area contributed by atoms with Crippen LogP contribution in [0.1, 0.15) is 26.3 Å². The lowest BCUT2D eigenvalue weighted by molar-refractivity contribution is 0.174. The van der Waals surface area contributed by atoms with E-state index >= 15 is 0 Å². The number of hydrogen-bond donors (Lipinski definition) is 2. The molecule has 21 heavy (non-hydrogen) atoms. The lowest BCUT2D eigenvalue weighted by atomic mass is 9.86. The van der Waals surface area contributed by atoms with E-state index in [0.29, 0.717) is 22.6 Å². The highest BCUT2D eigenvalue weighted by Gasteiger charge is 2.21. The van der Waals surface area contributed by atoms with Gasteiger partial charge in [-0.3, -0.25) is 0 Å². The van der Waals surface area contributed by atoms with Crippen molar-refractivity contribution in [2.75, 3.05) is 6.79 Å². The Hall–Kier alpha value is -2.36. The molecule has 110 valence electrons. The van der Waals surface area contributed by atoms with Crippen LogP contribution in [-0.4, -0.2) is 17.0 Å². The van der Waals surface area contributed by atoms with Crippen LogP contribution in [0.5, 0.6) is 23.0 Å². The minimum absolute atomic E-state index is 0.0487. The summed E-state index contributed by atoms with van der Waals surface area (Å²) < 4.78 is 10.5. The number of hydrogen-bond acceptors (Lipinski definition) is 4. The van der Waals surface area contributed by atoms with Crippen molar-refractivity contribution in [3.05, 3.63) is 35.9 Å². The monoisotopic (exact) mass is 286 g/mol. The second kappa shape index (κ2) is 4.58. The third-order valence-corrected chi connectivity index (χ3v) is 3.64. The Labute approximate surface area is 123 Å². The Morgan fingerprint density at radius 2 is 1.48 bits per heavy atom. The molecule has 0 spiro atoms. The van der Waals surface area contributed by atoms with Crippen molar-refractivity contribution in [2.45, 2.75) is 26.2 Å². The number of phenolic OH excluding ortho intramolecular Hbond substituents is 2. The Bertz CT molecular complexity index is 699. The molecule has 2 aromatic rings. The van der Waals surface area contributed by atoms with Gasteiger partial charge in [0.2, 0.25) is 6.79 Å². The Balaban J connectivity index is 2.09. The Kier molecular flexibility index (Phi) is 2.97. The van der Waals surface area contributed by atoms with E-state index in [4.69, 9.17) is 9.47 Å². The molecule has 0 saturated heterocycles. The van der Waals surface area contributed by atoms with Crippen molar-refractivity contribution >= 4 is 0 Å². The van der Waals surface area contributed by atoms with Crippen LogP contribution in [0.2, 0.25) is 0 Å². The predicted octanol–water partition coefficient (Wildman–Crippen LogP) is 3.79. The lowest BCUT2D eigenvalue weighted by Crippen LogP contribution is -2.10. The quantitative estimate of drug-likeness (QED) is 0.837. The van der Waals surface area contributed by atoms with Gasteiger partial charge in [0.15, 0.2) is 11.5 Å². The van der Waals surface area contributed by atoms with Crippen LogP contribution in [0.3, 0.4) is 0 Å². The fourth-order valence-corrected chi connectivity index (χ4v) is 2.37. The molecule has 4 nitrogen and oxygen atoms in total. The molecule has 1 aliphatic heterocycles. The van der Waals surface area contributed by atoms with E-state index in [1.807, 2.05) is 12.1 Å². The van der Waals surface area contributed by atoms with Crippen LogP contribution in [0.4, 0.5) is 0 Å². The number of rotatable bonds is 1. The smallest absolute Gasteiger partial charge is 0.231 e. The van der Waals surface area contributed by atoms with E-state index in [0.717, 1.165) is 5.56 Å². The van der Waals surface area contributed by atoms with Gasteiger partial charge in [-0.15, -0.1) is 0 Å². The second-order valence-electron chi connectivity index (χ2n) is 6.20. The van der Waals surface area contributed by atoms with Crippen molar-refractivity contribution in [1.82, 2.24) is 0 Å². The molecule has 1 aliphatic rings. The summed E-state index contributed by atoms with van der Waals surface area (Å²) in [6.07, 6.45) is 0. The highest BCUT2D eigenvalue weighted by atomic mass is 16.7. The molecule has 0 aliphatic carbocycles. The fraction of sp³-hybridized carbons (Fsp3) is 0.294. The van der Waals surface area contributed by atoms with Gasteiger partial charge in [0.05, 0.1) is 0 Å². The Morgan fingerprint density at radius 1 is 0.857 bits per heavy atom. The summed E-state index contributed by atoms with van der Waals surface area (Å²) >= 11 is 0. The molecular formula is C17H18O4. The highest BCUT2D eigenvalue weighted by Crippen LogP contribution is 2.44. The first-order valence-electron chi connectivity index (χ1n) is 6.83. The summed E-state index contributed by atoms with van der Waals surface area (Å²) in [5, 5.41) is 20.4. The van der Waals surface area contributed by atoms with Gasteiger partial charge >= 0.3 is 0 Å². The molecule has 0 saturated carbocycles. The number of phenols is 2. The van der Waals surface area contributed by atoms with Gasteiger partial charge < -0.3 is 19.7 Å². The summed E-state index contributed by atoms with van der Waals surface area (Å²) in [4.78, 5) is 0. The average Bonchev–Trinajstić information content (AvgIpc) is 2.84. The molecule has 2 N–H and O–H groups in total. The number of ether oxygens (including phenoxy) is 2. The molecule has 0 atom stereocenters. The van der Waals surface area contributed by atoms with E-state index in [-0.39, 0.29) is 23.7 Å². The molecule has 2 aromatic carbocycles.